The van der Waals surface area contributed by atoms with Gasteiger partial charge in [0.2, 0.25) is 0 Å². The molecule has 1 heterocycles. The van der Waals surface area contributed by atoms with Crippen LogP contribution in [0.1, 0.15) is 30.7 Å². The average molecular weight is 266 g/mol. The van der Waals surface area contributed by atoms with Gasteiger partial charge in [-0.15, -0.1) is 0 Å². The van der Waals surface area contributed by atoms with Crippen LogP contribution in [0.3, 0.4) is 0 Å². The van der Waals surface area contributed by atoms with Crippen molar-refractivity contribution < 1.29 is 5.11 Å². The van der Waals surface area contributed by atoms with Crippen molar-refractivity contribution in [2.24, 2.45) is 0 Å². The van der Waals surface area contributed by atoms with Crippen LogP contribution in [-0.2, 0) is 6.54 Å². The van der Waals surface area contributed by atoms with Crippen molar-refractivity contribution in [1.82, 2.24) is 9.78 Å². The number of aliphatic hydroxyl groups excluding tert-OH is 1. The Labute approximate surface area is 118 Å². The second-order valence-electron chi connectivity index (χ2n) is 4.95. The van der Waals surface area contributed by atoms with Crippen molar-refractivity contribution in [3.8, 4) is 0 Å². The Bertz CT molecular complexity index is 712. The summed E-state index contributed by atoms with van der Waals surface area (Å²) < 4.78 is 1.88. The van der Waals surface area contributed by atoms with Crippen LogP contribution in [0, 0.1) is 0 Å². The third-order valence-corrected chi connectivity index (χ3v) is 3.58. The highest BCUT2D eigenvalue weighted by Gasteiger charge is 2.17. The van der Waals surface area contributed by atoms with Gasteiger partial charge >= 0.3 is 0 Å². The minimum Gasteiger partial charge on any atom is -0.382 e. The summed E-state index contributed by atoms with van der Waals surface area (Å²) >= 11 is 0. The molecule has 1 unspecified atom stereocenters. The molecule has 3 aromatic rings. The van der Waals surface area contributed by atoms with E-state index < -0.39 is 6.10 Å². The zero-order chi connectivity index (χ0) is 13.9. The summed E-state index contributed by atoms with van der Waals surface area (Å²) in [5, 5.41) is 17.2. The third-order valence-electron chi connectivity index (χ3n) is 3.58. The molecule has 0 fully saturated rings. The molecule has 2 aromatic carbocycles. The Morgan fingerprint density at radius 2 is 1.90 bits per heavy atom. The van der Waals surface area contributed by atoms with Gasteiger partial charge in [0.15, 0.2) is 0 Å². The number of nitrogens with zero attached hydrogens (tertiary/aromatic N) is 2. The van der Waals surface area contributed by atoms with Gasteiger partial charge in [-0.2, -0.15) is 5.10 Å². The molecule has 1 atom stereocenters. The molecule has 0 bridgehead atoms. The normalized spacial score (nSPS) is 12.7. The van der Waals surface area contributed by atoms with Crippen LogP contribution in [0.4, 0.5) is 0 Å². The number of benzene rings is 2. The Balaban J connectivity index is 2.08. The summed E-state index contributed by atoms with van der Waals surface area (Å²) in [6.07, 6.45) is 2.10. The molecule has 0 saturated heterocycles. The number of aliphatic hydroxyl groups is 1. The van der Waals surface area contributed by atoms with Gasteiger partial charge in [-0.05, 0) is 28.8 Å². The lowest BCUT2D eigenvalue weighted by Crippen LogP contribution is -2.10. The molecule has 0 spiro atoms. The summed E-state index contributed by atoms with van der Waals surface area (Å²) in [5.74, 6) is 0. The van der Waals surface area contributed by atoms with Crippen molar-refractivity contribution in [3.63, 3.8) is 0 Å². The van der Waals surface area contributed by atoms with Gasteiger partial charge in [-0.25, -0.2) is 0 Å². The highest BCUT2D eigenvalue weighted by molar-refractivity contribution is 5.86. The quantitative estimate of drug-likeness (QED) is 0.784. The lowest BCUT2D eigenvalue weighted by Gasteiger charge is -2.15. The highest BCUT2D eigenvalue weighted by atomic mass is 16.3. The molecule has 0 aliphatic heterocycles. The summed E-state index contributed by atoms with van der Waals surface area (Å²) in [4.78, 5) is 0. The fourth-order valence-corrected chi connectivity index (χ4v) is 2.62. The van der Waals surface area contributed by atoms with E-state index in [1.165, 1.54) is 0 Å². The van der Waals surface area contributed by atoms with Gasteiger partial charge in [0.25, 0.3) is 0 Å². The van der Waals surface area contributed by atoms with Crippen molar-refractivity contribution in [1.29, 1.82) is 0 Å². The van der Waals surface area contributed by atoms with Crippen molar-refractivity contribution >= 4 is 10.8 Å². The Morgan fingerprint density at radius 3 is 2.75 bits per heavy atom. The Kier molecular flexibility index (Phi) is 3.52. The fourth-order valence-electron chi connectivity index (χ4n) is 2.62. The van der Waals surface area contributed by atoms with E-state index in [0.29, 0.717) is 0 Å². The van der Waals surface area contributed by atoms with Crippen LogP contribution < -0.4 is 0 Å². The maximum Gasteiger partial charge on any atom is 0.121 e. The van der Waals surface area contributed by atoms with Crippen molar-refractivity contribution in [2.75, 3.05) is 0 Å². The molecule has 0 amide bonds. The maximum atomic E-state index is 10.7. The zero-order valence-electron chi connectivity index (χ0n) is 11.5. The maximum absolute atomic E-state index is 10.7. The lowest BCUT2D eigenvalue weighted by molar-refractivity contribution is 0.209. The Morgan fingerprint density at radius 1 is 1.10 bits per heavy atom. The first kappa shape index (κ1) is 12.9. The summed E-state index contributed by atoms with van der Waals surface area (Å²) in [6, 6.07) is 16.1. The first-order valence-electron chi connectivity index (χ1n) is 6.98. The first-order chi connectivity index (χ1) is 9.81. The topological polar surface area (TPSA) is 38.0 Å². The van der Waals surface area contributed by atoms with Gasteiger partial charge < -0.3 is 5.11 Å². The molecule has 1 N–H and O–H groups in total. The molecule has 3 nitrogen and oxygen atoms in total. The van der Waals surface area contributed by atoms with Crippen LogP contribution in [0.2, 0.25) is 0 Å². The summed E-state index contributed by atoms with van der Waals surface area (Å²) in [6.45, 7) is 2.93. The van der Waals surface area contributed by atoms with Crippen LogP contribution in [0.15, 0.2) is 54.7 Å². The third kappa shape index (κ3) is 2.21. The SMILES string of the molecule is CCCn1nccc1C(O)c1cccc2ccccc12. The van der Waals surface area contributed by atoms with Crippen LogP contribution in [0.25, 0.3) is 10.8 Å². The molecule has 20 heavy (non-hydrogen) atoms. The van der Waals surface area contributed by atoms with E-state index in [-0.39, 0.29) is 0 Å². The van der Waals surface area contributed by atoms with E-state index in [4.69, 9.17) is 0 Å². The van der Waals surface area contributed by atoms with E-state index in [1.807, 2.05) is 35.0 Å². The smallest absolute Gasteiger partial charge is 0.121 e. The van der Waals surface area contributed by atoms with Crippen molar-refractivity contribution in [2.45, 2.75) is 26.0 Å². The monoisotopic (exact) mass is 266 g/mol. The second-order valence-corrected chi connectivity index (χ2v) is 4.95. The standard InChI is InChI=1S/C17H18N2O/c1-2-12-19-16(10-11-18-19)17(20)15-9-5-7-13-6-3-4-8-14(13)15/h3-11,17,20H,2,12H2,1H3. The minimum atomic E-state index is -0.643. The molecule has 102 valence electrons. The highest BCUT2D eigenvalue weighted by Crippen LogP contribution is 2.28. The molecule has 0 saturated carbocycles. The predicted molar refractivity (Wildman–Crippen MR) is 80.5 cm³/mol. The van der Waals surface area contributed by atoms with Gasteiger partial charge in [0, 0.05) is 12.7 Å². The summed E-state index contributed by atoms with van der Waals surface area (Å²) in [5.41, 5.74) is 1.78. The number of hydrogen-bond donors (Lipinski definition) is 1. The van der Waals surface area contributed by atoms with Crippen LogP contribution in [-0.4, -0.2) is 14.9 Å². The average Bonchev–Trinajstić information content (AvgIpc) is 2.94. The molecular formula is C17H18N2O. The molecule has 3 rings (SSSR count). The number of fused-ring (bicyclic) bond motifs is 1. The zero-order valence-corrected chi connectivity index (χ0v) is 11.5. The molecular weight excluding hydrogens is 248 g/mol. The van der Waals surface area contributed by atoms with E-state index in [0.717, 1.165) is 35.0 Å². The largest absolute Gasteiger partial charge is 0.382 e. The van der Waals surface area contributed by atoms with E-state index in [1.54, 1.807) is 6.20 Å². The first-order valence-corrected chi connectivity index (χ1v) is 6.98. The van der Waals surface area contributed by atoms with Gasteiger partial charge in [-0.3, -0.25) is 4.68 Å². The second kappa shape index (κ2) is 5.47. The lowest BCUT2D eigenvalue weighted by atomic mass is 9.98. The number of aryl methyl sites for hydroxylation is 1. The van der Waals surface area contributed by atoms with Gasteiger partial charge in [0.05, 0.1) is 5.69 Å². The van der Waals surface area contributed by atoms with Gasteiger partial charge in [0.1, 0.15) is 6.10 Å². The Hall–Kier alpha value is -2.13. The number of hydrogen-bond acceptors (Lipinski definition) is 2. The molecule has 1 aromatic heterocycles. The molecule has 3 heteroatoms. The molecule has 0 aliphatic rings. The van der Waals surface area contributed by atoms with Gasteiger partial charge in [-0.1, -0.05) is 49.4 Å². The van der Waals surface area contributed by atoms with Crippen molar-refractivity contribution in [3.05, 3.63) is 66.0 Å². The predicted octanol–water partition coefficient (Wildman–Crippen LogP) is 3.53. The van der Waals surface area contributed by atoms with Crippen LogP contribution in [0.5, 0.6) is 0 Å². The molecule has 0 aliphatic carbocycles. The number of aromatic nitrogens is 2. The minimum absolute atomic E-state index is 0.643. The van der Waals surface area contributed by atoms with E-state index in [2.05, 4.69) is 30.2 Å². The van der Waals surface area contributed by atoms with Crippen LogP contribution >= 0.6 is 0 Å². The van der Waals surface area contributed by atoms with E-state index >= 15 is 0 Å². The summed E-state index contributed by atoms with van der Waals surface area (Å²) in [7, 11) is 0. The fraction of sp³-hybridized carbons (Fsp3) is 0.235. The molecule has 0 radical (unpaired) electrons. The number of rotatable bonds is 4. The van der Waals surface area contributed by atoms with E-state index in [9.17, 15) is 5.11 Å².